The van der Waals surface area contributed by atoms with Gasteiger partial charge in [0.1, 0.15) is 12.4 Å². The smallest absolute Gasteiger partial charge is 0.224 e. The SMILES string of the molecule is O=C(C[C@H]1CN(CCOc2ccc(Cl)cc2)Cc2ccnn21)N1CCC1. The Hall–Kier alpha value is -2.05. The van der Waals surface area contributed by atoms with Crippen LogP contribution in [0.5, 0.6) is 5.75 Å². The molecule has 1 amide bonds. The minimum atomic E-state index is 0.0948. The maximum Gasteiger partial charge on any atom is 0.224 e. The van der Waals surface area contributed by atoms with Gasteiger partial charge < -0.3 is 9.64 Å². The zero-order chi connectivity index (χ0) is 17.9. The molecule has 1 fully saturated rings. The van der Waals surface area contributed by atoms with Crippen molar-refractivity contribution in [3.63, 3.8) is 0 Å². The molecule has 0 unspecified atom stereocenters. The highest BCUT2D eigenvalue weighted by molar-refractivity contribution is 6.30. The summed E-state index contributed by atoms with van der Waals surface area (Å²) in [4.78, 5) is 16.7. The van der Waals surface area contributed by atoms with E-state index in [-0.39, 0.29) is 11.9 Å². The third-order valence-electron chi connectivity index (χ3n) is 5.06. The minimum absolute atomic E-state index is 0.0948. The Morgan fingerprint density at radius 3 is 2.77 bits per heavy atom. The van der Waals surface area contributed by atoms with Crippen LogP contribution < -0.4 is 4.74 Å². The molecule has 0 bridgehead atoms. The quantitative estimate of drug-likeness (QED) is 0.779. The number of carbonyl (C=O) groups is 1. The van der Waals surface area contributed by atoms with Crippen LogP contribution in [-0.4, -0.2) is 58.3 Å². The number of aromatic nitrogens is 2. The van der Waals surface area contributed by atoms with Gasteiger partial charge in [-0.1, -0.05) is 11.6 Å². The van der Waals surface area contributed by atoms with E-state index in [1.807, 2.05) is 46.1 Å². The lowest BCUT2D eigenvalue weighted by Gasteiger charge is -2.36. The number of carbonyl (C=O) groups excluding carboxylic acids is 1. The fourth-order valence-electron chi connectivity index (χ4n) is 3.51. The first kappa shape index (κ1) is 17.4. The molecule has 0 aliphatic carbocycles. The number of benzene rings is 1. The Balaban J connectivity index is 1.34. The van der Waals surface area contributed by atoms with Gasteiger partial charge in [-0.25, -0.2) is 0 Å². The molecule has 0 spiro atoms. The molecule has 2 aliphatic heterocycles. The van der Waals surface area contributed by atoms with Crippen molar-refractivity contribution < 1.29 is 9.53 Å². The lowest BCUT2D eigenvalue weighted by molar-refractivity contribution is -0.135. The summed E-state index contributed by atoms with van der Waals surface area (Å²) in [5.74, 6) is 1.06. The lowest BCUT2D eigenvalue weighted by atomic mass is 10.1. The highest BCUT2D eigenvalue weighted by Crippen LogP contribution is 2.24. The molecule has 2 aromatic rings. The molecule has 26 heavy (non-hydrogen) atoms. The molecule has 4 rings (SSSR count). The number of hydrogen-bond donors (Lipinski definition) is 0. The predicted molar refractivity (Wildman–Crippen MR) is 99.3 cm³/mol. The van der Waals surface area contributed by atoms with E-state index < -0.39 is 0 Å². The monoisotopic (exact) mass is 374 g/mol. The highest BCUT2D eigenvalue weighted by Gasteiger charge is 2.30. The van der Waals surface area contributed by atoms with Crippen molar-refractivity contribution in [3.8, 4) is 5.75 Å². The first-order chi connectivity index (χ1) is 12.7. The highest BCUT2D eigenvalue weighted by atomic mass is 35.5. The van der Waals surface area contributed by atoms with Gasteiger partial charge in [-0.3, -0.25) is 14.4 Å². The van der Waals surface area contributed by atoms with Crippen molar-refractivity contribution in [2.24, 2.45) is 0 Å². The molecular weight excluding hydrogens is 352 g/mol. The molecule has 138 valence electrons. The van der Waals surface area contributed by atoms with Crippen molar-refractivity contribution in [3.05, 3.63) is 47.2 Å². The predicted octanol–water partition coefficient (Wildman–Crippen LogP) is 2.59. The molecule has 0 radical (unpaired) electrons. The Kier molecular flexibility index (Phi) is 5.13. The Morgan fingerprint density at radius 1 is 1.23 bits per heavy atom. The summed E-state index contributed by atoms with van der Waals surface area (Å²) < 4.78 is 7.84. The number of ether oxygens (including phenoxy) is 1. The van der Waals surface area contributed by atoms with Gasteiger partial charge in [0.2, 0.25) is 5.91 Å². The molecule has 1 saturated heterocycles. The summed E-state index contributed by atoms with van der Waals surface area (Å²) >= 11 is 5.90. The minimum Gasteiger partial charge on any atom is -0.492 e. The molecule has 0 saturated carbocycles. The third-order valence-corrected chi connectivity index (χ3v) is 5.31. The van der Waals surface area contributed by atoms with E-state index in [2.05, 4.69) is 10.00 Å². The second kappa shape index (κ2) is 7.68. The van der Waals surface area contributed by atoms with Crippen LogP contribution in [0, 0.1) is 0 Å². The van der Waals surface area contributed by atoms with Gasteiger partial charge in [-0.2, -0.15) is 5.10 Å². The normalized spacial score (nSPS) is 19.7. The van der Waals surface area contributed by atoms with Crippen LogP contribution in [0.4, 0.5) is 0 Å². The first-order valence-corrected chi connectivity index (χ1v) is 9.48. The van der Waals surface area contributed by atoms with Crippen molar-refractivity contribution in [2.45, 2.75) is 25.4 Å². The summed E-state index contributed by atoms with van der Waals surface area (Å²) in [7, 11) is 0. The average molecular weight is 375 g/mol. The zero-order valence-corrected chi connectivity index (χ0v) is 15.4. The van der Waals surface area contributed by atoms with Crippen molar-refractivity contribution in [2.75, 3.05) is 32.8 Å². The summed E-state index contributed by atoms with van der Waals surface area (Å²) in [5, 5.41) is 5.15. The number of halogens is 1. The number of amides is 1. The van der Waals surface area contributed by atoms with Gasteiger partial charge >= 0.3 is 0 Å². The molecule has 0 N–H and O–H groups in total. The van der Waals surface area contributed by atoms with Gasteiger partial charge in [0, 0.05) is 43.9 Å². The van der Waals surface area contributed by atoms with E-state index in [1.165, 1.54) is 0 Å². The lowest BCUT2D eigenvalue weighted by Crippen LogP contribution is -2.45. The number of hydrogen-bond acceptors (Lipinski definition) is 4. The molecule has 2 aliphatic rings. The number of likely N-dealkylation sites (tertiary alicyclic amines) is 1. The fourth-order valence-corrected chi connectivity index (χ4v) is 3.63. The van der Waals surface area contributed by atoms with Crippen LogP contribution in [0.25, 0.3) is 0 Å². The fraction of sp³-hybridized carbons (Fsp3) is 0.474. The van der Waals surface area contributed by atoms with Gasteiger partial charge in [0.25, 0.3) is 0 Å². The van der Waals surface area contributed by atoms with Crippen molar-refractivity contribution >= 4 is 17.5 Å². The molecule has 6 nitrogen and oxygen atoms in total. The topological polar surface area (TPSA) is 50.6 Å². The number of nitrogens with zero attached hydrogens (tertiary/aromatic N) is 4. The van der Waals surface area contributed by atoms with Crippen LogP contribution in [0.2, 0.25) is 5.02 Å². The molecular formula is C19H23ClN4O2. The second-order valence-corrected chi connectivity index (χ2v) is 7.33. The maximum absolute atomic E-state index is 12.4. The Bertz CT molecular complexity index is 757. The van der Waals surface area contributed by atoms with E-state index in [0.717, 1.165) is 50.6 Å². The molecule has 7 heteroatoms. The van der Waals surface area contributed by atoms with Crippen molar-refractivity contribution in [1.82, 2.24) is 19.6 Å². The zero-order valence-electron chi connectivity index (χ0n) is 14.7. The van der Waals surface area contributed by atoms with Gasteiger partial charge in [-0.15, -0.1) is 0 Å². The Labute approximate surface area is 158 Å². The summed E-state index contributed by atoms with van der Waals surface area (Å²) in [6.07, 6.45) is 3.46. The summed E-state index contributed by atoms with van der Waals surface area (Å²) in [5.41, 5.74) is 1.16. The van der Waals surface area contributed by atoms with E-state index in [9.17, 15) is 4.79 Å². The summed E-state index contributed by atoms with van der Waals surface area (Å²) in [6, 6.07) is 9.54. The van der Waals surface area contributed by atoms with E-state index in [1.54, 1.807) is 0 Å². The van der Waals surface area contributed by atoms with Crippen LogP contribution >= 0.6 is 11.6 Å². The van der Waals surface area contributed by atoms with Crippen LogP contribution in [0.1, 0.15) is 24.6 Å². The van der Waals surface area contributed by atoms with Crippen LogP contribution in [0.15, 0.2) is 36.5 Å². The Morgan fingerprint density at radius 2 is 2.04 bits per heavy atom. The largest absolute Gasteiger partial charge is 0.492 e. The average Bonchev–Trinajstić information content (AvgIpc) is 3.04. The third kappa shape index (κ3) is 3.86. The van der Waals surface area contributed by atoms with Crippen molar-refractivity contribution in [1.29, 1.82) is 0 Å². The van der Waals surface area contributed by atoms with Gasteiger partial charge in [-0.05, 0) is 36.8 Å². The molecule has 1 aromatic heterocycles. The van der Waals surface area contributed by atoms with E-state index in [4.69, 9.17) is 16.3 Å². The maximum atomic E-state index is 12.4. The molecule has 1 atom stereocenters. The standard InChI is InChI=1S/C19H23ClN4O2/c20-15-2-4-18(5-3-15)26-11-10-22-13-16-6-7-21-24(16)17(14-22)12-19(25)23-8-1-9-23/h2-7,17H,1,8-14H2/t17-/m0/s1. The molecule has 3 heterocycles. The summed E-state index contributed by atoms with van der Waals surface area (Å²) in [6.45, 7) is 4.85. The van der Waals surface area contributed by atoms with Gasteiger partial charge in [0.15, 0.2) is 0 Å². The van der Waals surface area contributed by atoms with Gasteiger partial charge in [0.05, 0.1) is 18.2 Å². The van der Waals surface area contributed by atoms with E-state index >= 15 is 0 Å². The number of rotatable bonds is 6. The number of fused-ring (bicyclic) bond motifs is 1. The van der Waals surface area contributed by atoms with Crippen LogP contribution in [-0.2, 0) is 11.3 Å². The van der Waals surface area contributed by atoms with Crippen LogP contribution in [0.3, 0.4) is 0 Å². The second-order valence-electron chi connectivity index (χ2n) is 6.90. The van der Waals surface area contributed by atoms with E-state index in [0.29, 0.717) is 18.1 Å². The first-order valence-electron chi connectivity index (χ1n) is 9.10. The molecule has 1 aromatic carbocycles.